The van der Waals surface area contributed by atoms with Gasteiger partial charge in [0, 0.05) is 38.8 Å². The number of aromatic amines is 1. The quantitative estimate of drug-likeness (QED) is 0.853. The minimum absolute atomic E-state index is 0.0416. The molecule has 0 atom stereocenters. The summed E-state index contributed by atoms with van der Waals surface area (Å²) in [5, 5.41) is 6.75. The summed E-state index contributed by atoms with van der Waals surface area (Å²) in [6.45, 7) is 3.11. The van der Waals surface area contributed by atoms with Gasteiger partial charge in [-0.1, -0.05) is 0 Å². The Morgan fingerprint density at radius 1 is 1.37 bits per heavy atom. The van der Waals surface area contributed by atoms with Crippen LogP contribution in [0, 0.1) is 12.8 Å². The van der Waals surface area contributed by atoms with Gasteiger partial charge in [0.25, 0.3) is 5.91 Å². The van der Waals surface area contributed by atoms with Crippen LogP contribution in [-0.2, 0) is 4.79 Å². The molecular weight excluding hydrogens is 244 g/mol. The Labute approximate surface area is 112 Å². The number of hydrogen-bond acceptors (Lipinski definition) is 3. The second-order valence-corrected chi connectivity index (χ2v) is 5.24. The van der Waals surface area contributed by atoms with Gasteiger partial charge in [-0.2, -0.15) is 5.10 Å². The van der Waals surface area contributed by atoms with Gasteiger partial charge in [0.15, 0.2) is 0 Å². The first kappa shape index (κ1) is 13.6. The molecule has 104 valence electrons. The van der Waals surface area contributed by atoms with Crippen LogP contribution in [0.5, 0.6) is 0 Å². The molecule has 6 heteroatoms. The van der Waals surface area contributed by atoms with Crippen LogP contribution in [0.15, 0.2) is 6.07 Å². The molecule has 0 aromatic carbocycles. The summed E-state index contributed by atoms with van der Waals surface area (Å²) in [5.41, 5.74) is 1.33. The van der Waals surface area contributed by atoms with E-state index in [0.29, 0.717) is 18.8 Å². The number of H-pyrrole nitrogens is 1. The van der Waals surface area contributed by atoms with Crippen molar-refractivity contribution in [2.24, 2.45) is 5.92 Å². The van der Waals surface area contributed by atoms with Crippen molar-refractivity contribution < 1.29 is 9.59 Å². The zero-order valence-corrected chi connectivity index (χ0v) is 11.6. The lowest BCUT2D eigenvalue weighted by molar-refractivity contribution is -0.134. The second-order valence-electron chi connectivity index (χ2n) is 5.24. The average Bonchev–Trinajstić information content (AvgIpc) is 2.84. The van der Waals surface area contributed by atoms with E-state index in [0.717, 1.165) is 18.5 Å². The molecular formula is C13H20N4O2. The predicted molar refractivity (Wildman–Crippen MR) is 70.6 cm³/mol. The number of aryl methyl sites for hydroxylation is 1. The third-order valence-corrected chi connectivity index (χ3v) is 3.50. The lowest BCUT2D eigenvalue weighted by atomic mass is 9.95. The van der Waals surface area contributed by atoms with Gasteiger partial charge >= 0.3 is 0 Å². The minimum Gasteiger partial charge on any atom is -0.349 e. The highest BCUT2D eigenvalue weighted by molar-refractivity contribution is 5.92. The molecule has 1 aromatic heterocycles. The highest BCUT2D eigenvalue weighted by Gasteiger charge is 2.29. The zero-order chi connectivity index (χ0) is 14.0. The summed E-state index contributed by atoms with van der Waals surface area (Å²) < 4.78 is 0. The third-order valence-electron chi connectivity index (χ3n) is 3.50. The number of piperidine rings is 1. The lowest BCUT2D eigenvalue weighted by Crippen LogP contribution is -2.42. The fourth-order valence-electron chi connectivity index (χ4n) is 2.38. The maximum atomic E-state index is 12.2. The fraction of sp³-hybridized carbons (Fsp3) is 0.615. The standard InChI is InChI=1S/C13H20N4O2/c1-9-8-11(15-14-9)13(19)17-6-4-10(5-7-17)12(18)16(2)3/h8,10H,4-7H2,1-3H3,(H,14,15). The number of nitrogens with one attached hydrogen (secondary N) is 1. The molecule has 1 fully saturated rings. The molecule has 0 bridgehead atoms. The van der Waals surface area contributed by atoms with Gasteiger partial charge in [-0.15, -0.1) is 0 Å². The van der Waals surface area contributed by atoms with Crippen LogP contribution in [0.2, 0.25) is 0 Å². The van der Waals surface area contributed by atoms with Crippen LogP contribution in [0.25, 0.3) is 0 Å². The van der Waals surface area contributed by atoms with E-state index in [4.69, 9.17) is 0 Å². The number of amides is 2. The highest BCUT2D eigenvalue weighted by Crippen LogP contribution is 2.20. The summed E-state index contributed by atoms with van der Waals surface area (Å²) in [4.78, 5) is 27.4. The topological polar surface area (TPSA) is 69.3 Å². The van der Waals surface area contributed by atoms with Crippen molar-refractivity contribution in [1.82, 2.24) is 20.0 Å². The van der Waals surface area contributed by atoms with Gasteiger partial charge in [0.2, 0.25) is 5.91 Å². The number of carbonyl (C=O) groups excluding carboxylic acids is 2. The van der Waals surface area contributed by atoms with Crippen molar-refractivity contribution in [1.29, 1.82) is 0 Å². The Hall–Kier alpha value is -1.85. The van der Waals surface area contributed by atoms with E-state index in [1.54, 1.807) is 30.0 Å². The molecule has 0 saturated carbocycles. The van der Waals surface area contributed by atoms with Gasteiger partial charge in [0.1, 0.15) is 5.69 Å². The number of carbonyl (C=O) groups is 2. The predicted octanol–water partition coefficient (Wildman–Crippen LogP) is 0.659. The number of likely N-dealkylation sites (tertiary alicyclic amines) is 1. The molecule has 0 aliphatic carbocycles. The van der Waals surface area contributed by atoms with E-state index >= 15 is 0 Å². The van der Waals surface area contributed by atoms with Gasteiger partial charge in [-0.3, -0.25) is 14.7 Å². The van der Waals surface area contributed by atoms with Crippen molar-refractivity contribution >= 4 is 11.8 Å². The van der Waals surface area contributed by atoms with Crippen LogP contribution >= 0.6 is 0 Å². The molecule has 6 nitrogen and oxygen atoms in total. The molecule has 2 amide bonds. The summed E-state index contributed by atoms with van der Waals surface area (Å²) in [6.07, 6.45) is 1.46. The molecule has 2 heterocycles. The molecule has 0 unspecified atom stereocenters. The van der Waals surface area contributed by atoms with E-state index in [9.17, 15) is 9.59 Å². The number of rotatable bonds is 2. The number of nitrogens with zero attached hydrogens (tertiary/aromatic N) is 3. The van der Waals surface area contributed by atoms with E-state index < -0.39 is 0 Å². The Bertz CT molecular complexity index is 473. The Kier molecular flexibility index (Phi) is 3.87. The molecule has 2 rings (SSSR count). The van der Waals surface area contributed by atoms with E-state index in [1.807, 2.05) is 6.92 Å². The maximum absolute atomic E-state index is 12.2. The third kappa shape index (κ3) is 2.94. The molecule has 1 aliphatic heterocycles. The molecule has 1 aliphatic rings. The SMILES string of the molecule is Cc1cc(C(=O)N2CCC(C(=O)N(C)C)CC2)n[nH]1. The molecule has 0 spiro atoms. The molecule has 1 aromatic rings. The fourth-order valence-corrected chi connectivity index (χ4v) is 2.38. The highest BCUT2D eigenvalue weighted by atomic mass is 16.2. The van der Waals surface area contributed by atoms with Crippen LogP contribution < -0.4 is 0 Å². The Balaban J connectivity index is 1.93. The number of hydrogen-bond donors (Lipinski definition) is 1. The van der Waals surface area contributed by atoms with Gasteiger partial charge in [-0.25, -0.2) is 0 Å². The lowest BCUT2D eigenvalue weighted by Gasteiger charge is -2.32. The van der Waals surface area contributed by atoms with Crippen LogP contribution in [0.1, 0.15) is 29.0 Å². The van der Waals surface area contributed by atoms with Gasteiger partial charge < -0.3 is 9.80 Å². The Morgan fingerprint density at radius 2 is 2.00 bits per heavy atom. The summed E-state index contributed by atoms with van der Waals surface area (Å²) in [6, 6.07) is 1.75. The smallest absolute Gasteiger partial charge is 0.274 e. The van der Waals surface area contributed by atoms with Crippen molar-refractivity contribution in [3.63, 3.8) is 0 Å². The van der Waals surface area contributed by atoms with Crippen molar-refractivity contribution in [2.45, 2.75) is 19.8 Å². The first-order chi connectivity index (χ1) is 8.99. The van der Waals surface area contributed by atoms with Crippen LogP contribution in [-0.4, -0.2) is 59.0 Å². The molecule has 1 saturated heterocycles. The van der Waals surface area contributed by atoms with Crippen molar-refractivity contribution in [2.75, 3.05) is 27.2 Å². The van der Waals surface area contributed by atoms with Crippen molar-refractivity contribution in [3.8, 4) is 0 Å². The first-order valence-electron chi connectivity index (χ1n) is 6.51. The van der Waals surface area contributed by atoms with Crippen molar-refractivity contribution in [3.05, 3.63) is 17.5 Å². The second kappa shape index (κ2) is 5.42. The van der Waals surface area contributed by atoms with Gasteiger partial charge in [-0.05, 0) is 25.8 Å². The van der Waals surface area contributed by atoms with Crippen LogP contribution in [0.3, 0.4) is 0 Å². The largest absolute Gasteiger partial charge is 0.349 e. The average molecular weight is 264 g/mol. The van der Waals surface area contributed by atoms with Crippen LogP contribution in [0.4, 0.5) is 0 Å². The van der Waals surface area contributed by atoms with E-state index in [-0.39, 0.29) is 17.7 Å². The van der Waals surface area contributed by atoms with E-state index in [2.05, 4.69) is 10.2 Å². The minimum atomic E-state index is -0.0555. The maximum Gasteiger partial charge on any atom is 0.274 e. The monoisotopic (exact) mass is 264 g/mol. The summed E-state index contributed by atoms with van der Waals surface area (Å²) in [7, 11) is 3.54. The Morgan fingerprint density at radius 3 is 2.47 bits per heavy atom. The van der Waals surface area contributed by atoms with Gasteiger partial charge in [0.05, 0.1) is 0 Å². The first-order valence-corrected chi connectivity index (χ1v) is 6.51. The summed E-state index contributed by atoms with van der Waals surface area (Å²) in [5.74, 6) is 0.141. The number of aromatic nitrogens is 2. The van der Waals surface area contributed by atoms with E-state index in [1.165, 1.54) is 0 Å². The molecule has 1 N–H and O–H groups in total. The molecule has 19 heavy (non-hydrogen) atoms. The molecule has 0 radical (unpaired) electrons. The normalized spacial score (nSPS) is 16.5. The zero-order valence-electron chi connectivity index (χ0n) is 11.6. The summed E-state index contributed by atoms with van der Waals surface area (Å²) >= 11 is 0.